The minimum atomic E-state index is -0.658. The molecule has 1 saturated heterocycles. The molecule has 6 heteroatoms. The van der Waals surface area contributed by atoms with Crippen molar-refractivity contribution < 1.29 is 14.0 Å². The number of primary amides is 1. The number of nitrogens with zero attached hydrogens (tertiary/aromatic N) is 1. The number of hydrogen-bond acceptors (Lipinski definition) is 2. The van der Waals surface area contributed by atoms with E-state index in [9.17, 15) is 14.0 Å². The smallest absolute Gasteiger partial charge is 0.321 e. The second-order valence-corrected chi connectivity index (χ2v) is 6.18. The zero-order valence-corrected chi connectivity index (χ0v) is 13.7. The van der Waals surface area contributed by atoms with E-state index in [1.54, 1.807) is 4.90 Å². The first-order chi connectivity index (χ1) is 10.9. The highest BCUT2D eigenvalue weighted by atomic mass is 19.1. The van der Waals surface area contributed by atoms with Crippen molar-refractivity contribution in [1.82, 2.24) is 4.90 Å². The Morgan fingerprint density at radius 1 is 1.26 bits per heavy atom. The second-order valence-electron chi connectivity index (χ2n) is 6.18. The van der Waals surface area contributed by atoms with Gasteiger partial charge in [0.05, 0.1) is 5.69 Å². The summed E-state index contributed by atoms with van der Waals surface area (Å²) in [6.07, 6.45) is 4.12. The highest BCUT2D eigenvalue weighted by Gasteiger charge is 2.33. The molecule has 0 atom stereocenters. The average molecular weight is 321 g/mol. The predicted octanol–water partition coefficient (Wildman–Crippen LogP) is 3.36. The van der Waals surface area contributed by atoms with Gasteiger partial charge in [0.25, 0.3) is 0 Å². The van der Waals surface area contributed by atoms with Crippen molar-refractivity contribution in [2.75, 3.05) is 18.4 Å². The van der Waals surface area contributed by atoms with Crippen LogP contribution in [-0.4, -0.2) is 29.9 Å². The molecule has 0 radical (unpaired) electrons. The number of amides is 3. The van der Waals surface area contributed by atoms with Crippen molar-refractivity contribution in [3.05, 3.63) is 29.6 Å². The average Bonchev–Trinajstić information content (AvgIpc) is 2.56. The highest BCUT2D eigenvalue weighted by molar-refractivity contribution is 5.96. The standard InChI is InChI=1S/C17H24FN3O2/c1-3-17(4-2)7-9-21(10-8-17)16(23)20-14-11-12(15(19)22)5-6-13(14)18/h5-6,11H,3-4,7-10H2,1-2H3,(H2,19,22)(H,20,23). The van der Waals surface area contributed by atoms with Crippen LogP contribution in [0.1, 0.15) is 49.9 Å². The molecule has 0 saturated carbocycles. The van der Waals surface area contributed by atoms with Crippen LogP contribution in [-0.2, 0) is 0 Å². The largest absolute Gasteiger partial charge is 0.366 e. The van der Waals surface area contributed by atoms with E-state index in [0.717, 1.165) is 31.7 Å². The van der Waals surface area contributed by atoms with Crippen LogP contribution >= 0.6 is 0 Å². The van der Waals surface area contributed by atoms with Gasteiger partial charge >= 0.3 is 6.03 Å². The van der Waals surface area contributed by atoms with Gasteiger partial charge in [0.2, 0.25) is 5.91 Å². The lowest BCUT2D eigenvalue weighted by molar-refractivity contribution is 0.1000. The van der Waals surface area contributed by atoms with Crippen LogP contribution < -0.4 is 11.1 Å². The van der Waals surface area contributed by atoms with Gasteiger partial charge in [0.1, 0.15) is 5.82 Å². The lowest BCUT2D eigenvalue weighted by Crippen LogP contribution is -2.44. The number of anilines is 1. The van der Waals surface area contributed by atoms with E-state index in [-0.39, 0.29) is 17.3 Å². The number of likely N-dealkylation sites (tertiary alicyclic amines) is 1. The number of carbonyl (C=O) groups excluding carboxylic acids is 2. The molecule has 126 valence electrons. The van der Waals surface area contributed by atoms with Gasteiger partial charge in [-0.15, -0.1) is 0 Å². The van der Waals surface area contributed by atoms with E-state index in [0.29, 0.717) is 18.5 Å². The zero-order valence-electron chi connectivity index (χ0n) is 13.7. The SMILES string of the molecule is CCC1(CC)CCN(C(=O)Nc2cc(C(N)=O)ccc2F)CC1. The van der Waals surface area contributed by atoms with Gasteiger partial charge in [-0.2, -0.15) is 0 Å². The Balaban J connectivity index is 2.03. The second kappa shape index (κ2) is 6.98. The Morgan fingerprint density at radius 2 is 1.87 bits per heavy atom. The summed E-state index contributed by atoms with van der Waals surface area (Å²) in [5.41, 5.74) is 5.64. The number of hydrogen-bond donors (Lipinski definition) is 2. The zero-order chi connectivity index (χ0) is 17.0. The molecule has 1 aliphatic rings. The summed E-state index contributed by atoms with van der Waals surface area (Å²) in [6, 6.07) is 3.35. The first-order valence-corrected chi connectivity index (χ1v) is 8.06. The third-order valence-corrected chi connectivity index (χ3v) is 5.10. The fraction of sp³-hybridized carbons (Fsp3) is 0.529. The minimum Gasteiger partial charge on any atom is -0.366 e. The molecule has 1 aromatic carbocycles. The topological polar surface area (TPSA) is 75.4 Å². The summed E-state index contributed by atoms with van der Waals surface area (Å²) in [5.74, 6) is -1.24. The predicted molar refractivity (Wildman–Crippen MR) is 87.8 cm³/mol. The Kier molecular flexibility index (Phi) is 5.23. The first kappa shape index (κ1) is 17.2. The van der Waals surface area contributed by atoms with Crippen LogP contribution in [0.25, 0.3) is 0 Å². The van der Waals surface area contributed by atoms with E-state index in [1.807, 2.05) is 0 Å². The van der Waals surface area contributed by atoms with Crippen molar-refractivity contribution in [3.8, 4) is 0 Å². The third kappa shape index (κ3) is 3.81. The van der Waals surface area contributed by atoms with Gasteiger partial charge in [-0.1, -0.05) is 26.7 Å². The molecular formula is C17H24FN3O2. The number of benzene rings is 1. The van der Waals surface area contributed by atoms with E-state index in [2.05, 4.69) is 19.2 Å². The van der Waals surface area contributed by atoms with Gasteiger partial charge < -0.3 is 16.0 Å². The first-order valence-electron chi connectivity index (χ1n) is 8.06. The molecule has 1 heterocycles. The molecule has 0 unspecified atom stereocenters. The van der Waals surface area contributed by atoms with Crippen molar-refractivity contribution in [2.24, 2.45) is 11.1 Å². The Labute approximate surface area is 136 Å². The third-order valence-electron chi connectivity index (χ3n) is 5.10. The summed E-state index contributed by atoms with van der Waals surface area (Å²) in [5, 5.41) is 2.54. The van der Waals surface area contributed by atoms with Crippen molar-refractivity contribution >= 4 is 17.6 Å². The minimum absolute atomic E-state index is 0.0193. The number of halogens is 1. The molecule has 1 aromatic rings. The van der Waals surface area contributed by atoms with Crippen LogP contribution in [0.5, 0.6) is 0 Å². The summed E-state index contributed by atoms with van der Waals surface area (Å²) in [7, 11) is 0. The molecule has 1 fully saturated rings. The fourth-order valence-corrected chi connectivity index (χ4v) is 3.11. The van der Waals surface area contributed by atoms with Gasteiger partial charge in [-0.25, -0.2) is 9.18 Å². The van der Waals surface area contributed by atoms with E-state index < -0.39 is 11.7 Å². The van der Waals surface area contributed by atoms with Crippen molar-refractivity contribution in [1.29, 1.82) is 0 Å². The molecule has 2 rings (SSSR count). The van der Waals surface area contributed by atoms with Gasteiger partial charge in [0.15, 0.2) is 0 Å². The molecule has 0 aliphatic carbocycles. The van der Waals surface area contributed by atoms with E-state index in [1.165, 1.54) is 12.1 Å². The van der Waals surface area contributed by atoms with Gasteiger partial charge in [-0.3, -0.25) is 4.79 Å². The number of nitrogens with one attached hydrogen (secondary N) is 1. The number of rotatable bonds is 4. The summed E-state index contributed by atoms with van der Waals surface area (Å²) in [6.45, 7) is 5.68. The maximum Gasteiger partial charge on any atom is 0.321 e. The lowest BCUT2D eigenvalue weighted by atomic mass is 9.74. The van der Waals surface area contributed by atoms with Crippen LogP contribution in [0.4, 0.5) is 14.9 Å². The Morgan fingerprint density at radius 3 is 2.39 bits per heavy atom. The molecule has 1 aliphatic heterocycles. The van der Waals surface area contributed by atoms with Crippen LogP contribution in [0.2, 0.25) is 0 Å². The molecule has 5 nitrogen and oxygen atoms in total. The van der Waals surface area contributed by atoms with Gasteiger partial charge in [-0.05, 0) is 36.5 Å². The maximum atomic E-state index is 13.8. The number of nitrogens with two attached hydrogens (primary N) is 1. The van der Waals surface area contributed by atoms with E-state index >= 15 is 0 Å². The number of carbonyl (C=O) groups is 2. The maximum absolute atomic E-state index is 13.8. The summed E-state index contributed by atoms with van der Waals surface area (Å²) < 4.78 is 13.8. The fourth-order valence-electron chi connectivity index (χ4n) is 3.11. The molecular weight excluding hydrogens is 297 g/mol. The summed E-state index contributed by atoms with van der Waals surface area (Å²) in [4.78, 5) is 25.2. The van der Waals surface area contributed by atoms with Crippen molar-refractivity contribution in [2.45, 2.75) is 39.5 Å². The monoisotopic (exact) mass is 321 g/mol. The highest BCUT2D eigenvalue weighted by Crippen LogP contribution is 2.38. The number of piperidine rings is 1. The van der Waals surface area contributed by atoms with Crippen LogP contribution in [0.3, 0.4) is 0 Å². The lowest BCUT2D eigenvalue weighted by Gasteiger charge is -2.40. The van der Waals surface area contributed by atoms with E-state index in [4.69, 9.17) is 5.73 Å². The quantitative estimate of drug-likeness (QED) is 0.892. The van der Waals surface area contributed by atoms with Crippen LogP contribution in [0.15, 0.2) is 18.2 Å². The molecule has 0 spiro atoms. The van der Waals surface area contributed by atoms with Crippen molar-refractivity contribution in [3.63, 3.8) is 0 Å². The Bertz CT molecular complexity index is 590. The number of urea groups is 1. The normalized spacial score (nSPS) is 16.9. The molecule has 0 bridgehead atoms. The Hall–Kier alpha value is -2.11. The van der Waals surface area contributed by atoms with Gasteiger partial charge in [0, 0.05) is 18.7 Å². The molecule has 23 heavy (non-hydrogen) atoms. The summed E-state index contributed by atoms with van der Waals surface area (Å²) >= 11 is 0. The molecule has 3 N–H and O–H groups in total. The molecule has 0 aromatic heterocycles. The molecule has 3 amide bonds. The van der Waals surface area contributed by atoms with Crippen LogP contribution in [0, 0.1) is 11.2 Å².